The van der Waals surface area contributed by atoms with Gasteiger partial charge in [-0.25, -0.2) is 4.68 Å². The van der Waals surface area contributed by atoms with E-state index in [0.29, 0.717) is 21.7 Å². The zero-order valence-electron chi connectivity index (χ0n) is 20.2. The van der Waals surface area contributed by atoms with Crippen molar-refractivity contribution in [2.45, 2.75) is 37.7 Å². The Balaban J connectivity index is 1.49. The maximum Gasteiger partial charge on any atom is 0.255 e. The highest BCUT2D eigenvalue weighted by molar-refractivity contribution is 7.98. The number of carbonyl (C=O) groups excluding carboxylic acids is 1. The summed E-state index contributed by atoms with van der Waals surface area (Å²) >= 11 is 7.74. The van der Waals surface area contributed by atoms with Gasteiger partial charge in [0.05, 0.1) is 5.57 Å². The van der Waals surface area contributed by atoms with Crippen molar-refractivity contribution in [2.24, 2.45) is 0 Å². The van der Waals surface area contributed by atoms with E-state index in [2.05, 4.69) is 41.8 Å². The minimum Gasteiger partial charge on any atom is -0.328 e. The monoisotopic (exact) mass is 515 g/mol. The summed E-state index contributed by atoms with van der Waals surface area (Å²) in [4.78, 5) is 18.4. The molecule has 6 nitrogen and oxygen atoms in total. The molecule has 1 unspecified atom stereocenters. The fourth-order valence-electron chi connectivity index (χ4n) is 4.29. The fraction of sp³-hybridized carbons (Fsp3) is 0.179. The van der Waals surface area contributed by atoms with Crippen molar-refractivity contribution in [2.75, 3.05) is 10.6 Å². The number of rotatable bonds is 6. The molecule has 0 spiro atoms. The van der Waals surface area contributed by atoms with Crippen molar-refractivity contribution in [3.05, 3.63) is 111 Å². The summed E-state index contributed by atoms with van der Waals surface area (Å²) in [7, 11) is 0. The first-order valence-electron chi connectivity index (χ1n) is 11.6. The highest BCUT2D eigenvalue weighted by Gasteiger charge is 2.34. The molecule has 5 rings (SSSR count). The summed E-state index contributed by atoms with van der Waals surface area (Å²) < 4.78 is 1.79. The predicted molar refractivity (Wildman–Crippen MR) is 146 cm³/mol. The summed E-state index contributed by atoms with van der Waals surface area (Å²) in [5.41, 5.74) is 6.41. The van der Waals surface area contributed by atoms with Crippen molar-refractivity contribution in [3.63, 3.8) is 0 Å². The molecule has 0 aliphatic carbocycles. The van der Waals surface area contributed by atoms with Crippen LogP contribution in [0.25, 0.3) is 0 Å². The number of allylic oxidation sites excluding steroid dienone is 1. The highest BCUT2D eigenvalue weighted by Crippen LogP contribution is 2.37. The first-order valence-corrected chi connectivity index (χ1v) is 13.0. The molecule has 3 aromatic carbocycles. The van der Waals surface area contributed by atoms with Gasteiger partial charge < -0.3 is 10.6 Å². The van der Waals surface area contributed by atoms with E-state index in [-0.39, 0.29) is 5.91 Å². The first-order chi connectivity index (χ1) is 17.4. The molecule has 1 aromatic heterocycles. The van der Waals surface area contributed by atoms with Crippen molar-refractivity contribution >= 4 is 40.9 Å². The summed E-state index contributed by atoms with van der Waals surface area (Å²) in [6.07, 6.45) is 0. The Bertz CT molecular complexity index is 1460. The Kier molecular flexibility index (Phi) is 6.85. The van der Waals surface area contributed by atoms with Crippen LogP contribution in [0.4, 0.5) is 11.6 Å². The molecule has 1 amide bonds. The number of aromatic nitrogens is 3. The molecule has 0 fully saturated rings. The van der Waals surface area contributed by atoms with E-state index in [0.717, 1.165) is 28.3 Å². The lowest BCUT2D eigenvalue weighted by Crippen LogP contribution is -2.31. The minimum atomic E-state index is -0.455. The molecule has 1 atom stereocenters. The SMILES string of the molecule is CC1=C(C(=O)Nc2ccccc2C)C(c2ccc(Cl)cc2)n2nc(SCc3cccc(C)c3)nc2N1. The number of hydrogen-bond donors (Lipinski definition) is 2. The number of anilines is 2. The summed E-state index contributed by atoms with van der Waals surface area (Å²) in [6, 6.07) is 23.2. The molecular weight excluding hydrogens is 490 g/mol. The van der Waals surface area contributed by atoms with Crippen LogP contribution in [0.2, 0.25) is 5.02 Å². The van der Waals surface area contributed by atoms with Gasteiger partial charge in [0, 0.05) is 22.2 Å². The van der Waals surface area contributed by atoms with Crippen LogP contribution < -0.4 is 10.6 Å². The predicted octanol–water partition coefficient (Wildman–Crippen LogP) is 6.77. The summed E-state index contributed by atoms with van der Waals surface area (Å²) in [6.45, 7) is 5.95. The number of carbonyl (C=O) groups is 1. The summed E-state index contributed by atoms with van der Waals surface area (Å²) in [5, 5.41) is 12.5. The average Bonchev–Trinajstić information content (AvgIpc) is 3.26. The largest absolute Gasteiger partial charge is 0.328 e. The van der Waals surface area contributed by atoms with Crippen LogP contribution in [-0.2, 0) is 10.5 Å². The second-order valence-corrected chi connectivity index (χ2v) is 10.2. The standard InChI is InChI=1S/C28H26ClN5OS/c1-17-7-6-9-20(15-17)16-36-28-32-27-30-19(3)24(26(35)31-23-10-5-4-8-18(23)2)25(34(27)33-28)21-11-13-22(29)14-12-21/h4-15,25H,16H2,1-3H3,(H,31,35)(H,30,32,33). The average molecular weight is 516 g/mol. The maximum absolute atomic E-state index is 13.6. The van der Waals surface area contributed by atoms with Gasteiger partial charge in [-0.2, -0.15) is 4.98 Å². The van der Waals surface area contributed by atoms with Gasteiger partial charge in [0.2, 0.25) is 11.1 Å². The number of halogens is 1. The molecule has 1 aliphatic rings. The zero-order valence-corrected chi connectivity index (χ0v) is 21.8. The quantitative estimate of drug-likeness (QED) is 0.277. The number of thioether (sulfide) groups is 1. The van der Waals surface area contributed by atoms with Crippen LogP contribution in [0.1, 0.15) is 35.2 Å². The van der Waals surface area contributed by atoms with Gasteiger partial charge in [-0.15, -0.1) is 5.10 Å². The molecule has 4 aromatic rings. The smallest absolute Gasteiger partial charge is 0.255 e. The molecule has 36 heavy (non-hydrogen) atoms. The number of benzene rings is 3. The van der Waals surface area contributed by atoms with Crippen LogP contribution in [0.3, 0.4) is 0 Å². The Morgan fingerprint density at radius 2 is 1.83 bits per heavy atom. The van der Waals surface area contributed by atoms with Crippen LogP contribution in [-0.4, -0.2) is 20.7 Å². The van der Waals surface area contributed by atoms with Gasteiger partial charge >= 0.3 is 0 Å². The topological polar surface area (TPSA) is 71.8 Å². The fourth-order valence-corrected chi connectivity index (χ4v) is 5.19. The third-order valence-corrected chi connectivity index (χ3v) is 7.27. The number of para-hydroxylation sites is 1. The van der Waals surface area contributed by atoms with Gasteiger partial charge in [-0.05, 0) is 55.7 Å². The number of aryl methyl sites for hydroxylation is 2. The Hall–Kier alpha value is -3.55. The molecule has 182 valence electrons. The third kappa shape index (κ3) is 5.03. The number of hydrogen-bond acceptors (Lipinski definition) is 5. The number of amides is 1. The van der Waals surface area contributed by atoms with Gasteiger partial charge in [0.15, 0.2) is 0 Å². The van der Waals surface area contributed by atoms with Crippen LogP contribution in [0.15, 0.2) is 89.2 Å². The molecular formula is C28H26ClN5OS. The van der Waals surface area contributed by atoms with Crippen molar-refractivity contribution < 1.29 is 4.79 Å². The molecule has 0 saturated carbocycles. The second kappa shape index (κ2) is 10.2. The van der Waals surface area contributed by atoms with E-state index in [9.17, 15) is 4.79 Å². The lowest BCUT2D eigenvalue weighted by Gasteiger charge is -2.28. The molecule has 0 radical (unpaired) electrons. The molecule has 0 bridgehead atoms. The summed E-state index contributed by atoms with van der Waals surface area (Å²) in [5.74, 6) is 1.17. The Labute approximate surface area is 219 Å². The molecule has 1 aliphatic heterocycles. The van der Waals surface area contributed by atoms with E-state index >= 15 is 0 Å². The number of nitrogens with zero attached hydrogens (tertiary/aromatic N) is 3. The van der Waals surface area contributed by atoms with Crippen LogP contribution in [0.5, 0.6) is 0 Å². The Morgan fingerprint density at radius 3 is 2.58 bits per heavy atom. The van der Waals surface area contributed by atoms with Crippen molar-refractivity contribution in [1.82, 2.24) is 14.8 Å². The third-order valence-electron chi connectivity index (χ3n) is 6.11. The van der Waals surface area contributed by atoms with Gasteiger partial charge in [-0.3, -0.25) is 4.79 Å². The van der Waals surface area contributed by atoms with E-state index < -0.39 is 6.04 Å². The minimum absolute atomic E-state index is 0.190. The van der Waals surface area contributed by atoms with Crippen molar-refractivity contribution in [1.29, 1.82) is 0 Å². The molecule has 2 N–H and O–H groups in total. The molecule has 0 saturated heterocycles. The highest BCUT2D eigenvalue weighted by atomic mass is 35.5. The molecule has 8 heteroatoms. The van der Waals surface area contributed by atoms with Crippen LogP contribution >= 0.6 is 23.4 Å². The van der Waals surface area contributed by atoms with E-state index in [4.69, 9.17) is 21.7 Å². The van der Waals surface area contributed by atoms with E-state index in [1.54, 1.807) is 16.4 Å². The second-order valence-electron chi connectivity index (χ2n) is 8.83. The van der Waals surface area contributed by atoms with Gasteiger partial charge in [-0.1, -0.05) is 83.5 Å². The van der Waals surface area contributed by atoms with Gasteiger partial charge in [0.25, 0.3) is 5.91 Å². The first kappa shape index (κ1) is 24.2. The molecule has 2 heterocycles. The van der Waals surface area contributed by atoms with Crippen molar-refractivity contribution in [3.8, 4) is 0 Å². The van der Waals surface area contributed by atoms with Crippen LogP contribution in [0, 0.1) is 13.8 Å². The lowest BCUT2D eigenvalue weighted by atomic mass is 9.95. The van der Waals surface area contributed by atoms with E-state index in [1.165, 1.54) is 11.1 Å². The normalized spacial score (nSPS) is 14.8. The Morgan fingerprint density at radius 1 is 1.06 bits per heavy atom. The number of nitrogens with one attached hydrogen (secondary N) is 2. The van der Waals surface area contributed by atoms with E-state index in [1.807, 2.05) is 62.4 Å². The maximum atomic E-state index is 13.6. The van der Waals surface area contributed by atoms with Gasteiger partial charge in [0.1, 0.15) is 6.04 Å². The zero-order chi connectivity index (χ0) is 25.2. The number of fused-ring (bicyclic) bond motifs is 1. The lowest BCUT2D eigenvalue weighted by molar-refractivity contribution is -0.113.